The Hall–Kier alpha value is -1.95. The van der Waals surface area contributed by atoms with Gasteiger partial charge in [-0.05, 0) is 38.5 Å². The van der Waals surface area contributed by atoms with Crippen LogP contribution < -0.4 is 0 Å². The number of hydrogen-bond donors (Lipinski definition) is 0. The zero-order valence-electron chi connectivity index (χ0n) is 13.6. The van der Waals surface area contributed by atoms with E-state index in [9.17, 15) is 9.18 Å². The molecular formula is C17H21FN2O3. The van der Waals surface area contributed by atoms with E-state index in [1.54, 1.807) is 24.0 Å². The van der Waals surface area contributed by atoms with Crippen molar-refractivity contribution in [1.29, 1.82) is 0 Å². The van der Waals surface area contributed by atoms with Crippen molar-refractivity contribution >= 4 is 11.6 Å². The van der Waals surface area contributed by atoms with Gasteiger partial charge in [0.05, 0.1) is 17.9 Å². The molecule has 0 aromatic heterocycles. The van der Waals surface area contributed by atoms with Gasteiger partial charge in [-0.1, -0.05) is 17.3 Å². The van der Waals surface area contributed by atoms with E-state index in [-0.39, 0.29) is 23.9 Å². The van der Waals surface area contributed by atoms with Crippen LogP contribution in [-0.4, -0.2) is 47.4 Å². The lowest BCUT2D eigenvalue weighted by Gasteiger charge is -2.38. The topological polar surface area (TPSA) is 51.1 Å². The summed E-state index contributed by atoms with van der Waals surface area (Å²) in [6, 6.07) is 6.04. The summed E-state index contributed by atoms with van der Waals surface area (Å²) in [5, 5.41) is 4.06. The van der Waals surface area contributed by atoms with Crippen LogP contribution in [0.15, 0.2) is 29.4 Å². The number of rotatable bonds is 2. The minimum atomic E-state index is -1.01. The van der Waals surface area contributed by atoms with Crippen LogP contribution in [0.4, 0.5) is 4.39 Å². The first kappa shape index (κ1) is 15.9. The van der Waals surface area contributed by atoms with Gasteiger partial charge < -0.3 is 14.5 Å². The molecule has 6 heteroatoms. The number of carbonyl (C=O) groups is 1. The van der Waals surface area contributed by atoms with Crippen molar-refractivity contribution in [3.63, 3.8) is 0 Å². The highest BCUT2D eigenvalue weighted by Crippen LogP contribution is 2.29. The molecule has 1 saturated heterocycles. The normalized spacial score (nSPS) is 30.8. The van der Waals surface area contributed by atoms with Gasteiger partial charge in [0, 0.05) is 19.5 Å². The van der Waals surface area contributed by atoms with Gasteiger partial charge in [0.15, 0.2) is 0 Å². The Labute approximate surface area is 135 Å². The second-order valence-electron chi connectivity index (χ2n) is 6.51. The van der Waals surface area contributed by atoms with Gasteiger partial charge in [0.25, 0.3) is 5.91 Å². The molecule has 0 unspecified atom stereocenters. The highest BCUT2D eigenvalue weighted by Gasteiger charge is 2.46. The smallest absolute Gasteiger partial charge is 0.269 e. The molecule has 2 aliphatic heterocycles. The Balaban J connectivity index is 1.71. The molecule has 0 bridgehead atoms. The fraction of sp³-hybridized carbons (Fsp3) is 0.529. The van der Waals surface area contributed by atoms with E-state index < -0.39 is 5.60 Å². The molecule has 1 amide bonds. The molecule has 1 fully saturated rings. The fourth-order valence-electron chi connectivity index (χ4n) is 3.13. The number of benzene rings is 1. The third kappa shape index (κ3) is 3.22. The van der Waals surface area contributed by atoms with Gasteiger partial charge in [0.1, 0.15) is 5.82 Å². The van der Waals surface area contributed by atoms with Gasteiger partial charge in [-0.25, -0.2) is 4.39 Å². The lowest BCUT2D eigenvalue weighted by atomic mass is 9.94. The van der Waals surface area contributed by atoms with E-state index in [1.807, 2.05) is 13.8 Å². The molecule has 3 rings (SSSR count). The predicted octanol–water partition coefficient (Wildman–Crippen LogP) is 2.34. The Bertz CT molecular complexity index is 621. The van der Waals surface area contributed by atoms with Crippen molar-refractivity contribution in [3.05, 3.63) is 35.6 Å². The number of hydrogen-bond acceptors (Lipinski definition) is 4. The van der Waals surface area contributed by atoms with Crippen molar-refractivity contribution in [1.82, 2.24) is 4.90 Å². The average Bonchev–Trinajstić information content (AvgIpc) is 2.90. The number of nitrogens with zero attached hydrogens (tertiary/aromatic N) is 2. The molecule has 1 aromatic carbocycles. The lowest BCUT2D eigenvalue weighted by Crippen LogP contribution is -2.55. The van der Waals surface area contributed by atoms with Crippen LogP contribution in [0, 0.1) is 5.82 Å². The average molecular weight is 320 g/mol. The van der Waals surface area contributed by atoms with E-state index in [0.29, 0.717) is 25.2 Å². The zero-order valence-corrected chi connectivity index (χ0v) is 13.6. The van der Waals surface area contributed by atoms with Crippen molar-refractivity contribution in [2.45, 2.75) is 45.0 Å². The summed E-state index contributed by atoms with van der Waals surface area (Å²) >= 11 is 0. The van der Waals surface area contributed by atoms with Crippen molar-refractivity contribution < 1.29 is 18.8 Å². The van der Waals surface area contributed by atoms with Gasteiger partial charge >= 0.3 is 0 Å². The molecule has 5 nitrogen and oxygen atoms in total. The van der Waals surface area contributed by atoms with E-state index in [0.717, 1.165) is 5.56 Å². The third-order valence-electron chi connectivity index (χ3n) is 4.20. The second-order valence-corrected chi connectivity index (χ2v) is 6.51. The number of oxime groups is 1. The van der Waals surface area contributed by atoms with Gasteiger partial charge in [0.2, 0.25) is 5.60 Å². The molecule has 0 aliphatic carbocycles. The Morgan fingerprint density at radius 2 is 1.87 bits per heavy atom. The Morgan fingerprint density at radius 3 is 2.48 bits per heavy atom. The standard InChI is InChI=1S/C17H21FN2O3/c1-11-9-20(10-12(2)22-11)16(21)17(3)8-15(19-23-17)13-4-6-14(18)7-5-13/h4-7,11-12H,8-10H2,1-3H3/t11-,12-,17-/m1/s1. The van der Waals surface area contributed by atoms with Crippen LogP contribution in [0.2, 0.25) is 0 Å². The first-order valence-corrected chi connectivity index (χ1v) is 7.83. The van der Waals surface area contributed by atoms with Gasteiger partial charge in [-0.2, -0.15) is 0 Å². The zero-order chi connectivity index (χ0) is 16.6. The van der Waals surface area contributed by atoms with Crippen LogP contribution in [0.3, 0.4) is 0 Å². The minimum Gasteiger partial charge on any atom is -0.379 e. The number of amides is 1. The third-order valence-corrected chi connectivity index (χ3v) is 4.20. The maximum atomic E-state index is 13.0. The van der Waals surface area contributed by atoms with E-state index in [2.05, 4.69) is 5.16 Å². The summed E-state index contributed by atoms with van der Waals surface area (Å²) in [6.45, 7) is 6.75. The van der Waals surface area contributed by atoms with Gasteiger partial charge in [-0.3, -0.25) is 4.79 Å². The fourth-order valence-corrected chi connectivity index (χ4v) is 3.13. The summed E-state index contributed by atoms with van der Waals surface area (Å²) in [4.78, 5) is 20.1. The number of ether oxygens (including phenoxy) is 1. The van der Waals surface area contributed by atoms with Crippen LogP contribution in [0.25, 0.3) is 0 Å². The van der Waals surface area contributed by atoms with E-state index >= 15 is 0 Å². The summed E-state index contributed by atoms with van der Waals surface area (Å²) in [6.07, 6.45) is 0.382. The largest absolute Gasteiger partial charge is 0.379 e. The van der Waals surface area contributed by atoms with Crippen molar-refractivity contribution in [2.24, 2.45) is 5.16 Å². The van der Waals surface area contributed by atoms with Crippen molar-refractivity contribution in [2.75, 3.05) is 13.1 Å². The summed E-state index contributed by atoms with van der Waals surface area (Å²) in [5.74, 6) is -0.385. The highest BCUT2D eigenvalue weighted by molar-refractivity contribution is 6.05. The quantitative estimate of drug-likeness (QED) is 0.840. The highest BCUT2D eigenvalue weighted by atomic mass is 19.1. The molecule has 0 saturated carbocycles. The maximum Gasteiger partial charge on any atom is 0.269 e. The summed E-state index contributed by atoms with van der Waals surface area (Å²) in [7, 11) is 0. The summed E-state index contributed by atoms with van der Waals surface area (Å²) < 4.78 is 18.7. The SMILES string of the molecule is C[C@@H]1CN(C(=O)[C@@]2(C)CC(c3ccc(F)cc3)=NO2)C[C@@H](C)O1. The Morgan fingerprint density at radius 1 is 1.26 bits per heavy atom. The van der Waals surface area contributed by atoms with Crippen LogP contribution in [0.1, 0.15) is 32.8 Å². The molecule has 23 heavy (non-hydrogen) atoms. The van der Waals surface area contributed by atoms with Crippen LogP contribution >= 0.6 is 0 Å². The minimum absolute atomic E-state index is 0.00481. The molecule has 2 heterocycles. The van der Waals surface area contributed by atoms with Gasteiger partial charge in [-0.15, -0.1) is 0 Å². The van der Waals surface area contributed by atoms with Crippen LogP contribution in [0.5, 0.6) is 0 Å². The Kier molecular flexibility index (Phi) is 4.10. The molecular weight excluding hydrogens is 299 g/mol. The first-order chi connectivity index (χ1) is 10.9. The molecule has 0 N–H and O–H groups in total. The van der Waals surface area contributed by atoms with Crippen LogP contribution in [-0.2, 0) is 14.4 Å². The second kappa shape index (κ2) is 5.92. The number of halogens is 1. The predicted molar refractivity (Wildman–Crippen MR) is 83.6 cm³/mol. The molecule has 2 aliphatic rings. The number of morpholine rings is 1. The molecule has 3 atom stereocenters. The first-order valence-electron chi connectivity index (χ1n) is 7.83. The lowest BCUT2D eigenvalue weighted by molar-refractivity contribution is -0.164. The van der Waals surface area contributed by atoms with E-state index in [4.69, 9.17) is 9.57 Å². The molecule has 1 aromatic rings. The molecule has 0 spiro atoms. The monoisotopic (exact) mass is 320 g/mol. The maximum absolute atomic E-state index is 13.0. The van der Waals surface area contributed by atoms with E-state index in [1.165, 1.54) is 12.1 Å². The van der Waals surface area contributed by atoms with Crippen molar-refractivity contribution in [3.8, 4) is 0 Å². The molecule has 0 radical (unpaired) electrons. The molecule has 124 valence electrons. The summed E-state index contributed by atoms with van der Waals surface area (Å²) in [5.41, 5.74) is 0.419. The number of carbonyl (C=O) groups excluding carboxylic acids is 1.